The minimum absolute atomic E-state index is 0. The average molecular weight is 247 g/mol. The van der Waals surface area contributed by atoms with Gasteiger partial charge >= 0.3 is 0 Å². The molecule has 0 radical (unpaired) electrons. The lowest BCUT2D eigenvalue weighted by molar-refractivity contribution is 0.193. The largest absolute Gasteiger partial charge is 0.298 e. The van der Waals surface area contributed by atoms with Gasteiger partial charge in [-0.3, -0.25) is 10.6 Å². The van der Waals surface area contributed by atoms with Crippen molar-refractivity contribution in [3.63, 3.8) is 0 Å². The predicted molar refractivity (Wildman–Crippen MR) is 67.0 cm³/mol. The van der Waals surface area contributed by atoms with Gasteiger partial charge < -0.3 is 0 Å². The van der Waals surface area contributed by atoms with Crippen molar-refractivity contribution in [3.05, 3.63) is 42.5 Å². The second-order valence-electron chi connectivity index (χ2n) is 2.76. The third-order valence-electron chi connectivity index (χ3n) is 1.98. The van der Waals surface area contributed by atoms with Gasteiger partial charge in [0.05, 0.1) is 5.69 Å². The summed E-state index contributed by atoms with van der Waals surface area (Å²) < 4.78 is 0. The Morgan fingerprint density at radius 2 is 1.53 bits per heavy atom. The van der Waals surface area contributed by atoms with E-state index in [4.69, 9.17) is 5.21 Å². The molecule has 0 aliphatic heterocycles. The molecule has 0 aliphatic rings. The monoisotopic (exact) mass is 246 g/mol. The highest BCUT2D eigenvalue weighted by molar-refractivity contribution is 5.93. The van der Waals surface area contributed by atoms with Crippen LogP contribution in [0.4, 0.5) is 5.69 Å². The first-order chi connectivity index (χ1) is 6.42. The van der Waals surface area contributed by atoms with Crippen molar-refractivity contribution in [2.24, 2.45) is 0 Å². The SMILES string of the molecule is Cl.Cl.ONNc1cccc2ccccc12. The Hall–Kier alpha value is -1.00. The summed E-state index contributed by atoms with van der Waals surface area (Å²) in [4.78, 5) is 0. The number of rotatable bonds is 2. The Bertz CT molecular complexity index is 418. The Morgan fingerprint density at radius 3 is 2.27 bits per heavy atom. The van der Waals surface area contributed by atoms with Gasteiger partial charge in [0, 0.05) is 5.39 Å². The highest BCUT2D eigenvalue weighted by Crippen LogP contribution is 2.21. The highest BCUT2D eigenvalue weighted by Gasteiger charge is 1.96. The first kappa shape index (κ1) is 14.0. The second-order valence-corrected chi connectivity index (χ2v) is 2.76. The predicted octanol–water partition coefficient (Wildman–Crippen LogP) is 2.99. The lowest BCUT2D eigenvalue weighted by Gasteiger charge is -2.06. The van der Waals surface area contributed by atoms with Crippen molar-refractivity contribution in [2.75, 3.05) is 5.43 Å². The molecule has 3 nitrogen and oxygen atoms in total. The molecule has 0 unspecified atom stereocenters. The minimum atomic E-state index is 0. The maximum Gasteiger partial charge on any atom is 0.0588 e. The van der Waals surface area contributed by atoms with E-state index in [1.54, 1.807) is 0 Å². The molecule has 2 aromatic carbocycles. The van der Waals surface area contributed by atoms with Crippen LogP contribution in [0.25, 0.3) is 10.8 Å². The van der Waals surface area contributed by atoms with Crippen LogP contribution >= 0.6 is 24.8 Å². The Balaban J connectivity index is 0.000000980. The zero-order chi connectivity index (χ0) is 9.10. The zero-order valence-electron chi connectivity index (χ0n) is 7.81. The fourth-order valence-electron chi connectivity index (χ4n) is 1.39. The van der Waals surface area contributed by atoms with Crippen LogP contribution in [-0.2, 0) is 0 Å². The molecule has 0 heterocycles. The van der Waals surface area contributed by atoms with Crippen molar-refractivity contribution in [2.45, 2.75) is 0 Å². The molecule has 82 valence electrons. The number of hydrogen-bond donors (Lipinski definition) is 3. The molecule has 15 heavy (non-hydrogen) atoms. The maximum absolute atomic E-state index is 8.52. The quantitative estimate of drug-likeness (QED) is 0.715. The molecule has 0 aromatic heterocycles. The van der Waals surface area contributed by atoms with Crippen molar-refractivity contribution >= 4 is 41.3 Å². The minimum Gasteiger partial charge on any atom is -0.298 e. The molecular weight excluding hydrogens is 235 g/mol. The Kier molecular flexibility index (Phi) is 6.05. The van der Waals surface area contributed by atoms with E-state index >= 15 is 0 Å². The summed E-state index contributed by atoms with van der Waals surface area (Å²) in [7, 11) is 0. The van der Waals surface area contributed by atoms with Crippen LogP contribution in [-0.4, -0.2) is 5.21 Å². The van der Waals surface area contributed by atoms with E-state index in [0.29, 0.717) is 0 Å². The molecule has 0 amide bonds. The average Bonchev–Trinajstić information content (AvgIpc) is 2.19. The van der Waals surface area contributed by atoms with Gasteiger partial charge in [-0.1, -0.05) is 36.4 Å². The van der Waals surface area contributed by atoms with E-state index in [2.05, 4.69) is 5.43 Å². The summed E-state index contributed by atoms with van der Waals surface area (Å²) in [6, 6.07) is 13.8. The smallest absolute Gasteiger partial charge is 0.0588 e. The first-order valence-corrected chi connectivity index (χ1v) is 4.04. The normalized spacial score (nSPS) is 8.87. The van der Waals surface area contributed by atoms with Crippen LogP contribution in [0.5, 0.6) is 0 Å². The molecule has 2 aromatic rings. The number of benzene rings is 2. The number of fused-ring (bicyclic) bond motifs is 1. The number of hydrogen-bond acceptors (Lipinski definition) is 3. The first-order valence-electron chi connectivity index (χ1n) is 4.04. The number of nitrogens with one attached hydrogen (secondary N) is 2. The van der Waals surface area contributed by atoms with Crippen LogP contribution in [0.2, 0.25) is 0 Å². The molecule has 0 aliphatic carbocycles. The van der Waals surface area contributed by atoms with Gasteiger partial charge in [0.25, 0.3) is 0 Å². The lowest BCUT2D eigenvalue weighted by atomic mass is 10.1. The van der Waals surface area contributed by atoms with Gasteiger partial charge in [-0.25, -0.2) is 0 Å². The molecule has 0 bridgehead atoms. The molecular formula is C10H12Cl2N2O. The summed E-state index contributed by atoms with van der Waals surface area (Å²) in [6.07, 6.45) is 0. The van der Waals surface area contributed by atoms with Gasteiger partial charge in [-0.05, 0) is 11.5 Å². The molecule has 5 heteroatoms. The van der Waals surface area contributed by atoms with Crippen LogP contribution in [0.3, 0.4) is 0 Å². The van der Waals surface area contributed by atoms with Crippen molar-refractivity contribution in [1.29, 1.82) is 0 Å². The fourth-order valence-corrected chi connectivity index (χ4v) is 1.39. The number of anilines is 1. The van der Waals surface area contributed by atoms with Crippen LogP contribution in [0.15, 0.2) is 42.5 Å². The Labute approximate surface area is 100 Å². The van der Waals surface area contributed by atoms with Crippen molar-refractivity contribution in [1.82, 2.24) is 5.59 Å². The van der Waals surface area contributed by atoms with E-state index < -0.39 is 0 Å². The van der Waals surface area contributed by atoms with Gasteiger partial charge in [0.15, 0.2) is 0 Å². The second kappa shape index (κ2) is 6.48. The topological polar surface area (TPSA) is 44.3 Å². The van der Waals surface area contributed by atoms with E-state index in [9.17, 15) is 0 Å². The Morgan fingerprint density at radius 1 is 0.867 bits per heavy atom. The van der Waals surface area contributed by atoms with E-state index in [0.717, 1.165) is 16.5 Å². The fraction of sp³-hybridized carbons (Fsp3) is 0. The van der Waals surface area contributed by atoms with Crippen LogP contribution < -0.4 is 11.0 Å². The lowest BCUT2D eigenvalue weighted by Crippen LogP contribution is -2.15. The molecule has 0 atom stereocenters. The van der Waals surface area contributed by atoms with Crippen molar-refractivity contribution in [3.8, 4) is 0 Å². The van der Waals surface area contributed by atoms with E-state index in [1.807, 2.05) is 48.1 Å². The molecule has 0 saturated heterocycles. The number of halogens is 2. The zero-order valence-corrected chi connectivity index (χ0v) is 9.44. The maximum atomic E-state index is 8.52. The van der Waals surface area contributed by atoms with Gasteiger partial charge in [0.2, 0.25) is 0 Å². The van der Waals surface area contributed by atoms with Gasteiger partial charge in [-0.15, -0.1) is 30.4 Å². The summed E-state index contributed by atoms with van der Waals surface area (Å²) in [6.45, 7) is 0. The van der Waals surface area contributed by atoms with Gasteiger partial charge in [-0.2, -0.15) is 0 Å². The standard InChI is InChI=1S/C10H10N2O.2ClH/c13-12-11-10-7-3-5-8-4-1-2-6-9(8)10;;/h1-7,11-13H;2*1H. The van der Waals surface area contributed by atoms with Crippen LogP contribution in [0, 0.1) is 0 Å². The third-order valence-corrected chi connectivity index (χ3v) is 1.98. The summed E-state index contributed by atoms with van der Waals surface area (Å²) >= 11 is 0. The summed E-state index contributed by atoms with van der Waals surface area (Å²) in [5, 5.41) is 10.7. The molecule has 0 saturated carbocycles. The molecule has 0 fully saturated rings. The summed E-state index contributed by atoms with van der Waals surface area (Å²) in [5.41, 5.74) is 5.44. The molecule has 3 N–H and O–H groups in total. The number of hydrazine groups is 1. The molecule has 2 rings (SSSR count). The van der Waals surface area contributed by atoms with Crippen LogP contribution in [0.1, 0.15) is 0 Å². The molecule has 0 spiro atoms. The van der Waals surface area contributed by atoms with E-state index in [-0.39, 0.29) is 24.8 Å². The van der Waals surface area contributed by atoms with Crippen molar-refractivity contribution < 1.29 is 5.21 Å². The third kappa shape index (κ3) is 2.97. The van der Waals surface area contributed by atoms with Gasteiger partial charge in [0.1, 0.15) is 0 Å². The summed E-state index contributed by atoms with van der Waals surface area (Å²) in [5.74, 6) is 0. The highest BCUT2D eigenvalue weighted by atomic mass is 35.5. The van der Waals surface area contributed by atoms with E-state index in [1.165, 1.54) is 0 Å².